The van der Waals surface area contributed by atoms with E-state index in [1.807, 2.05) is 6.92 Å². The van der Waals surface area contributed by atoms with E-state index in [1.165, 1.54) is 6.42 Å². The Bertz CT molecular complexity index is 254. The summed E-state index contributed by atoms with van der Waals surface area (Å²) in [7, 11) is 0. The summed E-state index contributed by atoms with van der Waals surface area (Å²) in [4.78, 5) is 11.9. The van der Waals surface area contributed by atoms with E-state index in [0.717, 1.165) is 32.1 Å². The Kier molecular flexibility index (Phi) is 3.85. The van der Waals surface area contributed by atoms with Gasteiger partial charge in [-0.15, -0.1) is 0 Å². The van der Waals surface area contributed by atoms with Gasteiger partial charge < -0.3 is 10.5 Å². The van der Waals surface area contributed by atoms with Crippen molar-refractivity contribution in [3.63, 3.8) is 0 Å². The summed E-state index contributed by atoms with van der Waals surface area (Å²) in [5, 5.41) is 0. The zero-order valence-corrected chi connectivity index (χ0v) is 10.2. The van der Waals surface area contributed by atoms with Gasteiger partial charge in [-0.25, -0.2) is 0 Å². The van der Waals surface area contributed by atoms with E-state index < -0.39 is 0 Å². The molecule has 0 bridgehead atoms. The lowest BCUT2D eigenvalue weighted by atomic mass is 9.64. The SMILES string of the molecule is CCOC(=O)C1CCCC2CC(N)CCC21. The van der Waals surface area contributed by atoms with Crippen LogP contribution in [0.4, 0.5) is 0 Å². The molecule has 2 saturated carbocycles. The fourth-order valence-corrected chi connectivity index (χ4v) is 3.54. The van der Waals surface area contributed by atoms with E-state index in [-0.39, 0.29) is 11.9 Å². The average molecular weight is 225 g/mol. The third-order valence-corrected chi connectivity index (χ3v) is 4.28. The van der Waals surface area contributed by atoms with Crippen molar-refractivity contribution < 1.29 is 9.53 Å². The molecule has 2 aliphatic carbocycles. The van der Waals surface area contributed by atoms with Crippen LogP contribution in [-0.4, -0.2) is 18.6 Å². The zero-order chi connectivity index (χ0) is 11.5. The van der Waals surface area contributed by atoms with Crippen LogP contribution < -0.4 is 5.73 Å². The number of hydrogen-bond donors (Lipinski definition) is 1. The van der Waals surface area contributed by atoms with Crippen LogP contribution in [-0.2, 0) is 9.53 Å². The largest absolute Gasteiger partial charge is 0.466 e. The Morgan fingerprint density at radius 1 is 1.31 bits per heavy atom. The van der Waals surface area contributed by atoms with Crippen LogP contribution in [0, 0.1) is 17.8 Å². The van der Waals surface area contributed by atoms with Crippen molar-refractivity contribution in [1.82, 2.24) is 0 Å². The maximum atomic E-state index is 11.9. The molecule has 16 heavy (non-hydrogen) atoms. The number of ether oxygens (including phenoxy) is 1. The van der Waals surface area contributed by atoms with Gasteiger partial charge in [-0.2, -0.15) is 0 Å². The van der Waals surface area contributed by atoms with E-state index in [2.05, 4.69) is 0 Å². The first-order valence-electron chi connectivity index (χ1n) is 6.64. The highest BCUT2D eigenvalue weighted by molar-refractivity contribution is 5.73. The molecule has 0 amide bonds. The highest BCUT2D eigenvalue weighted by Gasteiger charge is 2.40. The minimum absolute atomic E-state index is 0.0349. The van der Waals surface area contributed by atoms with Gasteiger partial charge in [0.15, 0.2) is 0 Å². The van der Waals surface area contributed by atoms with Crippen LogP contribution in [0.25, 0.3) is 0 Å². The topological polar surface area (TPSA) is 52.3 Å². The Labute approximate surface area is 97.7 Å². The van der Waals surface area contributed by atoms with Gasteiger partial charge in [-0.3, -0.25) is 4.79 Å². The number of nitrogens with two attached hydrogens (primary N) is 1. The molecule has 2 aliphatic rings. The maximum Gasteiger partial charge on any atom is 0.309 e. The number of carbonyl (C=O) groups excluding carboxylic acids is 1. The second-order valence-electron chi connectivity index (χ2n) is 5.29. The first-order valence-corrected chi connectivity index (χ1v) is 6.64. The quantitative estimate of drug-likeness (QED) is 0.732. The van der Waals surface area contributed by atoms with E-state index >= 15 is 0 Å². The van der Waals surface area contributed by atoms with Crippen molar-refractivity contribution in [2.75, 3.05) is 6.61 Å². The van der Waals surface area contributed by atoms with Gasteiger partial charge in [-0.1, -0.05) is 12.8 Å². The molecule has 0 aromatic heterocycles. The van der Waals surface area contributed by atoms with Crippen molar-refractivity contribution in [2.45, 2.75) is 51.5 Å². The number of esters is 1. The zero-order valence-electron chi connectivity index (χ0n) is 10.2. The fourth-order valence-electron chi connectivity index (χ4n) is 3.54. The normalized spacial score (nSPS) is 38.9. The Balaban J connectivity index is 2.00. The standard InChI is InChI=1S/C13H23NO2/c1-2-16-13(15)12-5-3-4-9-8-10(14)6-7-11(9)12/h9-12H,2-8,14H2,1H3. The monoisotopic (exact) mass is 225 g/mol. The summed E-state index contributed by atoms with van der Waals surface area (Å²) in [5.41, 5.74) is 6.01. The van der Waals surface area contributed by atoms with Gasteiger partial charge in [-0.05, 0) is 44.4 Å². The number of fused-ring (bicyclic) bond motifs is 1. The van der Waals surface area contributed by atoms with Crippen molar-refractivity contribution in [1.29, 1.82) is 0 Å². The molecule has 92 valence electrons. The fraction of sp³-hybridized carbons (Fsp3) is 0.923. The summed E-state index contributed by atoms with van der Waals surface area (Å²) >= 11 is 0. The molecule has 0 radical (unpaired) electrons. The molecule has 3 nitrogen and oxygen atoms in total. The van der Waals surface area contributed by atoms with Crippen LogP contribution in [0.15, 0.2) is 0 Å². The molecule has 2 rings (SSSR count). The lowest BCUT2D eigenvalue weighted by molar-refractivity contribution is -0.153. The first-order chi connectivity index (χ1) is 7.72. The maximum absolute atomic E-state index is 11.9. The van der Waals surface area contributed by atoms with Crippen LogP contribution in [0.5, 0.6) is 0 Å². The smallest absolute Gasteiger partial charge is 0.309 e. The van der Waals surface area contributed by atoms with Crippen molar-refractivity contribution in [3.05, 3.63) is 0 Å². The van der Waals surface area contributed by atoms with Gasteiger partial charge in [0.25, 0.3) is 0 Å². The predicted octanol–water partition coefficient (Wildman–Crippen LogP) is 2.09. The lowest BCUT2D eigenvalue weighted by Crippen LogP contribution is -2.41. The predicted molar refractivity (Wildman–Crippen MR) is 62.8 cm³/mol. The summed E-state index contributed by atoms with van der Waals surface area (Å²) < 4.78 is 5.19. The van der Waals surface area contributed by atoms with Crippen molar-refractivity contribution in [3.8, 4) is 0 Å². The molecular weight excluding hydrogens is 202 g/mol. The number of rotatable bonds is 2. The molecule has 0 heterocycles. The second-order valence-corrected chi connectivity index (χ2v) is 5.29. The Morgan fingerprint density at radius 3 is 2.88 bits per heavy atom. The van der Waals surface area contributed by atoms with E-state index in [9.17, 15) is 4.79 Å². The van der Waals surface area contributed by atoms with Crippen molar-refractivity contribution in [2.24, 2.45) is 23.5 Å². The third-order valence-electron chi connectivity index (χ3n) is 4.28. The molecule has 4 unspecified atom stereocenters. The van der Waals surface area contributed by atoms with Gasteiger partial charge >= 0.3 is 5.97 Å². The minimum Gasteiger partial charge on any atom is -0.466 e. The summed E-state index contributed by atoms with van der Waals surface area (Å²) in [5.74, 6) is 1.42. The van der Waals surface area contributed by atoms with Gasteiger partial charge in [0.2, 0.25) is 0 Å². The molecule has 3 heteroatoms. The highest BCUT2D eigenvalue weighted by atomic mass is 16.5. The molecule has 0 aromatic rings. The van der Waals surface area contributed by atoms with E-state index in [0.29, 0.717) is 24.5 Å². The van der Waals surface area contributed by atoms with Crippen LogP contribution in [0.2, 0.25) is 0 Å². The molecule has 0 spiro atoms. The van der Waals surface area contributed by atoms with Crippen LogP contribution in [0.1, 0.15) is 45.4 Å². The third kappa shape index (κ3) is 2.40. The van der Waals surface area contributed by atoms with E-state index in [4.69, 9.17) is 10.5 Å². The van der Waals surface area contributed by atoms with Crippen molar-refractivity contribution >= 4 is 5.97 Å². The average Bonchev–Trinajstić information content (AvgIpc) is 2.28. The van der Waals surface area contributed by atoms with E-state index in [1.54, 1.807) is 0 Å². The molecule has 2 N–H and O–H groups in total. The van der Waals surface area contributed by atoms with Gasteiger partial charge in [0.1, 0.15) is 0 Å². The highest BCUT2D eigenvalue weighted by Crippen LogP contribution is 2.43. The molecular formula is C13H23NO2. The summed E-state index contributed by atoms with van der Waals surface area (Å²) in [6.45, 7) is 2.39. The molecule has 0 saturated heterocycles. The summed E-state index contributed by atoms with van der Waals surface area (Å²) in [6, 6.07) is 0.363. The van der Waals surface area contributed by atoms with Gasteiger partial charge in [0, 0.05) is 6.04 Å². The summed E-state index contributed by atoms with van der Waals surface area (Å²) in [6.07, 6.45) is 6.76. The van der Waals surface area contributed by atoms with Gasteiger partial charge in [0.05, 0.1) is 12.5 Å². The second kappa shape index (κ2) is 5.17. The molecule has 0 aliphatic heterocycles. The Morgan fingerprint density at radius 2 is 2.12 bits per heavy atom. The first kappa shape index (κ1) is 11.9. The molecule has 2 fully saturated rings. The number of hydrogen-bond acceptors (Lipinski definition) is 3. The Hall–Kier alpha value is -0.570. The minimum atomic E-state index is 0.0349. The molecule has 0 aromatic carbocycles. The lowest BCUT2D eigenvalue weighted by Gasteiger charge is -2.42. The van der Waals surface area contributed by atoms with Crippen LogP contribution in [0.3, 0.4) is 0 Å². The molecule has 4 atom stereocenters. The van der Waals surface area contributed by atoms with Crippen LogP contribution >= 0.6 is 0 Å². The number of carbonyl (C=O) groups is 1.